The molecule has 0 aliphatic carbocycles. The van der Waals surface area contributed by atoms with E-state index in [4.69, 9.17) is 21.4 Å². The molecule has 1 aliphatic rings. The van der Waals surface area contributed by atoms with Gasteiger partial charge in [-0.25, -0.2) is 0 Å². The Bertz CT molecular complexity index is 512. The van der Waals surface area contributed by atoms with Crippen LogP contribution in [0.4, 0.5) is 0 Å². The molecule has 0 aromatic heterocycles. The fourth-order valence-electron chi connectivity index (χ4n) is 2.34. The summed E-state index contributed by atoms with van der Waals surface area (Å²) >= 11 is 5.86. The number of rotatable bonds is 4. The van der Waals surface area contributed by atoms with E-state index in [1.54, 1.807) is 24.3 Å². The monoisotopic (exact) mass is 297 g/mol. The van der Waals surface area contributed by atoms with Gasteiger partial charge >= 0.3 is 5.97 Å². The maximum Gasteiger partial charge on any atom is 0.305 e. The molecule has 0 unspecified atom stereocenters. The highest BCUT2D eigenvalue weighted by molar-refractivity contribution is 6.30. The van der Waals surface area contributed by atoms with Crippen LogP contribution in [0, 0.1) is 0 Å². The summed E-state index contributed by atoms with van der Waals surface area (Å²) in [4.78, 5) is 23.3. The zero-order valence-corrected chi connectivity index (χ0v) is 11.7. The number of ether oxygens (including phenoxy) is 1. The number of benzene rings is 1. The molecule has 0 radical (unpaired) electrons. The molecule has 6 heteroatoms. The van der Waals surface area contributed by atoms with Crippen LogP contribution in [0.15, 0.2) is 24.3 Å². The van der Waals surface area contributed by atoms with Crippen molar-refractivity contribution < 1.29 is 19.4 Å². The lowest BCUT2D eigenvalue weighted by Crippen LogP contribution is -2.53. The number of carboxylic acids is 1. The highest BCUT2D eigenvalue weighted by atomic mass is 35.5. The zero-order valence-electron chi connectivity index (χ0n) is 10.9. The Labute approximate surface area is 121 Å². The summed E-state index contributed by atoms with van der Waals surface area (Å²) < 4.78 is 5.25. The van der Waals surface area contributed by atoms with E-state index in [9.17, 15) is 9.59 Å². The minimum absolute atomic E-state index is 0.108. The molecule has 1 heterocycles. The lowest BCUT2D eigenvalue weighted by atomic mass is 9.86. The number of hydrogen-bond acceptors (Lipinski definition) is 3. The number of amides is 1. The van der Waals surface area contributed by atoms with Crippen molar-refractivity contribution in [1.29, 1.82) is 0 Å². The van der Waals surface area contributed by atoms with Gasteiger partial charge in [0, 0.05) is 23.8 Å². The van der Waals surface area contributed by atoms with Crippen LogP contribution < -0.4 is 5.32 Å². The quantitative estimate of drug-likeness (QED) is 0.892. The van der Waals surface area contributed by atoms with Crippen LogP contribution >= 0.6 is 11.6 Å². The van der Waals surface area contributed by atoms with E-state index in [1.165, 1.54) is 0 Å². The van der Waals surface area contributed by atoms with Crippen molar-refractivity contribution in [2.75, 3.05) is 13.2 Å². The first-order valence-corrected chi connectivity index (χ1v) is 6.76. The fourth-order valence-corrected chi connectivity index (χ4v) is 2.53. The van der Waals surface area contributed by atoms with E-state index in [1.807, 2.05) is 0 Å². The number of aliphatic carboxylic acids is 1. The molecule has 1 amide bonds. The van der Waals surface area contributed by atoms with Crippen molar-refractivity contribution in [3.63, 3.8) is 0 Å². The van der Waals surface area contributed by atoms with Gasteiger partial charge in [-0.3, -0.25) is 9.59 Å². The first-order chi connectivity index (χ1) is 9.51. The number of halogens is 1. The molecule has 0 spiro atoms. The fraction of sp³-hybridized carbons (Fsp3) is 0.429. The Morgan fingerprint density at radius 1 is 1.35 bits per heavy atom. The second-order valence-corrected chi connectivity index (χ2v) is 5.36. The average Bonchev–Trinajstić information content (AvgIpc) is 2.38. The third-order valence-electron chi connectivity index (χ3n) is 3.41. The molecule has 5 nitrogen and oxygen atoms in total. The first kappa shape index (κ1) is 14.8. The van der Waals surface area contributed by atoms with Crippen molar-refractivity contribution in [3.05, 3.63) is 34.9 Å². The molecule has 0 saturated carbocycles. The van der Waals surface area contributed by atoms with E-state index < -0.39 is 11.5 Å². The lowest BCUT2D eigenvalue weighted by molar-refractivity contribution is -0.139. The van der Waals surface area contributed by atoms with Crippen molar-refractivity contribution in [2.24, 2.45) is 0 Å². The Morgan fingerprint density at radius 3 is 2.65 bits per heavy atom. The third-order valence-corrected chi connectivity index (χ3v) is 3.64. The number of carbonyl (C=O) groups is 2. The van der Waals surface area contributed by atoms with Gasteiger partial charge in [-0.05, 0) is 31.0 Å². The van der Waals surface area contributed by atoms with E-state index in [0.29, 0.717) is 36.6 Å². The van der Waals surface area contributed by atoms with Crippen LogP contribution in [0.3, 0.4) is 0 Å². The van der Waals surface area contributed by atoms with Crippen LogP contribution in [-0.4, -0.2) is 35.7 Å². The summed E-state index contributed by atoms with van der Waals surface area (Å²) in [5, 5.41) is 12.4. The molecule has 0 bridgehead atoms. The Morgan fingerprint density at radius 2 is 2.05 bits per heavy atom. The van der Waals surface area contributed by atoms with Gasteiger partial charge < -0.3 is 15.2 Å². The lowest BCUT2D eigenvalue weighted by Gasteiger charge is -2.36. The highest BCUT2D eigenvalue weighted by Gasteiger charge is 2.36. The molecule has 1 aliphatic heterocycles. The molecule has 2 rings (SSSR count). The van der Waals surface area contributed by atoms with E-state index >= 15 is 0 Å². The molecule has 0 atom stereocenters. The summed E-state index contributed by atoms with van der Waals surface area (Å²) in [5.41, 5.74) is -0.322. The second kappa shape index (κ2) is 6.24. The summed E-state index contributed by atoms with van der Waals surface area (Å²) in [7, 11) is 0. The smallest absolute Gasteiger partial charge is 0.305 e. The van der Waals surface area contributed by atoms with E-state index in [2.05, 4.69) is 5.32 Å². The standard InChI is InChI=1S/C14H16ClNO4/c15-11-3-1-2-10(8-11)13(19)16-14(9-12(17)18)4-6-20-7-5-14/h1-3,8H,4-7,9H2,(H,16,19)(H,17,18). The van der Waals surface area contributed by atoms with Crippen molar-refractivity contribution >= 4 is 23.5 Å². The van der Waals surface area contributed by atoms with Crippen LogP contribution in [0.1, 0.15) is 29.6 Å². The summed E-state index contributed by atoms with van der Waals surface area (Å²) in [6.45, 7) is 0.895. The number of nitrogens with one attached hydrogen (secondary N) is 1. The normalized spacial score (nSPS) is 17.4. The van der Waals surface area contributed by atoms with Crippen molar-refractivity contribution in [2.45, 2.75) is 24.8 Å². The SMILES string of the molecule is O=C(O)CC1(NC(=O)c2cccc(Cl)c2)CCOCC1. The van der Waals surface area contributed by atoms with Gasteiger partial charge in [-0.15, -0.1) is 0 Å². The molecular weight excluding hydrogens is 282 g/mol. The number of carboxylic acid groups (broad SMARTS) is 1. The minimum atomic E-state index is -0.932. The Kier molecular flexibility index (Phi) is 4.62. The van der Waals surface area contributed by atoms with E-state index in [0.717, 1.165) is 0 Å². The Balaban J connectivity index is 2.15. The Hall–Kier alpha value is -1.59. The highest BCUT2D eigenvalue weighted by Crippen LogP contribution is 2.25. The summed E-state index contributed by atoms with van der Waals surface area (Å²) in [6, 6.07) is 6.57. The zero-order chi connectivity index (χ0) is 14.6. The first-order valence-electron chi connectivity index (χ1n) is 6.38. The van der Waals surface area contributed by atoms with Gasteiger partial charge in [0.25, 0.3) is 5.91 Å². The summed E-state index contributed by atoms with van der Waals surface area (Å²) in [6.07, 6.45) is 0.875. The number of carbonyl (C=O) groups excluding carboxylic acids is 1. The van der Waals surface area contributed by atoms with Gasteiger partial charge in [0.2, 0.25) is 0 Å². The van der Waals surface area contributed by atoms with Crippen LogP contribution in [0.5, 0.6) is 0 Å². The van der Waals surface area contributed by atoms with Crippen LogP contribution in [0.2, 0.25) is 5.02 Å². The molecule has 1 aromatic rings. The van der Waals surface area contributed by atoms with Gasteiger partial charge in [0.05, 0.1) is 12.0 Å². The molecule has 20 heavy (non-hydrogen) atoms. The summed E-state index contributed by atoms with van der Waals surface area (Å²) in [5.74, 6) is -1.24. The van der Waals surface area contributed by atoms with Crippen LogP contribution in [-0.2, 0) is 9.53 Å². The molecule has 1 aromatic carbocycles. The molecular formula is C14H16ClNO4. The molecule has 1 saturated heterocycles. The van der Waals surface area contributed by atoms with Crippen molar-refractivity contribution in [3.8, 4) is 0 Å². The molecule has 1 fully saturated rings. The maximum atomic E-state index is 12.2. The molecule has 2 N–H and O–H groups in total. The van der Waals surface area contributed by atoms with Crippen LogP contribution in [0.25, 0.3) is 0 Å². The maximum absolute atomic E-state index is 12.2. The largest absolute Gasteiger partial charge is 0.481 e. The average molecular weight is 298 g/mol. The number of hydrogen-bond donors (Lipinski definition) is 2. The minimum Gasteiger partial charge on any atom is -0.481 e. The van der Waals surface area contributed by atoms with Gasteiger partial charge in [-0.1, -0.05) is 17.7 Å². The van der Waals surface area contributed by atoms with E-state index in [-0.39, 0.29) is 12.3 Å². The van der Waals surface area contributed by atoms with Gasteiger partial charge in [0.1, 0.15) is 0 Å². The molecule has 108 valence electrons. The van der Waals surface area contributed by atoms with Crippen molar-refractivity contribution in [1.82, 2.24) is 5.32 Å². The predicted molar refractivity (Wildman–Crippen MR) is 74.0 cm³/mol. The second-order valence-electron chi connectivity index (χ2n) is 4.93. The topological polar surface area (TPSA) is 75.6 Å². The third kappa shape index (κ3) is 3.71. The van der Waals surface area contributed by atoms with Gasteiger partial charge in [0.15, 0.2) is 0 Å². The predicted octanol–water partition coefficient (Wildman–Crippen LogP) is 2.09. The van der Waals surface area contributed by atoms with Gasteiger partial charge in [-0.2, -0.15) is 0 Å².